The average molecular weight is 356 g/mol. The van der Waals surface area contributed by atoms with Gasteiger partial charge in [0.2, 0.25) is 11.7 Å². The SMILES string of the molecule is NC(=O)c1oc2cccnc2c1NC(=O)C1CCC(N2CCCC2)CC1. The summed E-state index contributed by atoms with van der Waals surface area (Å²) in [5.41, 5.74) is 6.59. The molecule has 1 saturated carbocycles. The van der Waals surface area contributed by atoms with Crippen molar-refractivity contribution in [2.24, 2.45) is 11.7 Å². The molecule has 2 amide bonds. The molecule has 3 N–H and O–H groups in total. The van der Waals surface area contributed by atoms with Crippen molar-refractivity contribution in [3.05, 3.63) is 24.1 Å². The second-order valence-electron chi connectivity index (χ2n) is 7.26. The molecule has 1 saturated heterocycles. The van der Waals surface area contributed by atoms with E-state index in [0.717, 1.165) is 25.7 Å². The molecule has 0 spiro atoms. The van der Waals surface area contributed by atoms with Crippen LogP contribution in [-0.4, -0.2) is 40.8 Å². The van der Waals surface area contributed by atoms with E-state index in [1.807, 2.05) is 0 Å². The number of anilines is 1. The van der Waals surface area contributed by atoms with Gasteiger partial charge >= 0.3 is 0 Å². The van der Waals surface area contributed by atoms with Gasteiger partial charge in [-0.15, -0.1) is 0 Å². The van der Waals surface area contributed by atoms with Gasteiger partial charge in [0.1, 0.15) is 11.2 Å². The number of fused-ring (bicyclic) bond motifs is 1. The summed E-state index contributed by atoms with van der Waals surface area (Å²) in [6.07, 6.45) is 7.99. The molecule has 1 aliphatic heterocycles. The number of nitrogens with two attached hydrogens (primary N) is 1. The van der Waals surface area contributed by atoms with Gasteiger partial charge in [-0.05, 0) is 63.7 Å². The van der Waals surface area contributed by atoms with E-state index in [0.29, 0.717) is 22.8 Å². The van der Waals surface area contributed by atoms with Crippen LogP contribution in [-0.2, 0) is 4.79 Å². The Morgan fingerprint density at radius 2 is 1.92 bits per heavy atom. The molecule has 3 heterocycles. The van der Waals surface area contributed by atoms with Crippen LogP contribution in [0.5, 0.6) is 0 Å². The summed E-state index contributed by atoms with van der Waals surface area (Å²) >= 11 is 0. The van der Waals surface area contributed by atoms with Gasteiger partial charge in [-0.3, -0.25) is 14.6 Å². The highest BCUT2D eigenvalue weighted by atomic mass is 16.3. The Bertz CT molecular complexity index is 817. The number of hydrogen-bond donors (Lipinski definition) is 2. The predicted octanol–water partition coefficient (Wildman–Crippen LogP) is 2.52. The Balaban J connectivity index is 1.46. The number of rotatable bonds is 4. The van der Waals surface area contributed by atoms with Gasteiger partial charge in [0, 0.05) is 18.2 Å². The Kier molecular flexibility index (Phi) is 4.63. The summed E-state index contributed by atoms with van der Waals surface area (Å²) in [7, 11) is 0. The molecule has 138 valence electrons. The summed E-state index contributed by atoms with van der Waals surface area (Å²) < 4.78 is 5.47. The Labute approximate surface area is 151 Å². The van der Waals surface area contributed by atoms with Gasteiger partial charge in [0.15, 0.2) is 5.58 Å². The van der Waals surface area contributed by atoms with E-state index in [9.17, 15) is 9.59 Å². The lowest BCUT2D eigenvalue weighted by molar-refractivity contribution is -0.121. The molecule has 26 heavy (non-hydrogen) atoms. The third-order valence-corrected chi connectivity index (χ3v) is 5.64. The molecule has 1 aliphatic carbocycles. The molecule has 0 radical (unpaired) electrons. The second kappa shape index (κ2) is 7.07. The number of carbonyl (C=O) groups excluding carboxylic acids is 2. The first-order valence-electron chi connectivity index (χ1n) is 9.35. The number of nitrogens with zero attached hydrogens (tertiary/aromatic N) is 2. The summed E-state index contributed by atoms with van der Waals surface area (Å²) in [6.45, 7) is 2.38. The molecule has 2 aliphatic rings. The van der Waals surface area contributed by atoms with Gasteiger partial charge in [-0.1, -0.05) is 0 Å². The normalized spacial score (nSPS) is 24.0. The highest BCUT2D eigenvalue weighted by Gasteiger charge is 2.31. The van der Waals surface area contributed by atoms with E-state index >= 15 is 0 Å². The minimum absolute atomic E-state index is 0.0437. The molecule has 0 atom stereocenters. The molecule has 2 aromatic rings. The first-order valence-corrected chi connectivity index (χ1v) is 9.35. The lowest BCUT2D eigenvalue weighted by atomic mass is 9.85. The number of furan rings is 1. The van der Waals surface area contributed by atoms with E-state index in [4.69, 9.17) is 10.2 Å². The number of carbonyl (C=O) groups is 2. The van der Waals surface area contributed by atoms with Gasteiger partial charge < -0.3 is 20.4 Å². The smallest absolute Gasteiger partial charge is 0.286 e. The summed E-state index contributed by atoms with van der Waals surface area (Å²) in [5.74, 6) is -0.891. The van der Waals surface area contributed by atoms with Crippen LogP contribution >= 0.6 is 0 Å². The zero-order chi connectivity index (χ0) is 18.1. The van der Waals surface area contributed by atoms with E-state index in [1.165, 1.54) is 25.9 Å². The zero-order valence-electron chi connectivity index (χ0n) is 14.7. The number of hydrogen-bond acceptors (Lipinski definition) is 5. The fraction of sp³-hybridized carbons (Fsp3) is 0.526. The van der Waals surface area contributed by atoms with Crippen LogP contribution in [0.3, 0.4) is 0 Å². The topological polar surface area (TPSA) is 101 Å². The average Bonchev–Trinajstić information content (AvgIpc) is 3.30. The molecule has 7 nitrogen and oxygen atoms in total. The fourth-order valence-electron chi connectivity index (χ4n) is 4.25. The Hall–Kier alpha value is -2.41. The van der Waals surface area contributed by atoms with Crippen molar-refractivity contribution in [3.63, 3.8) is 0 Å². The third-order valence-electron chi connectivity index (χ3n) is 5.64. The minimum atomic E-state index is -0.712. The Morgan fingerprint density at radius 3 is 2.62 bits per heavy atom. The van der Waals surface area contributed by atoms with Crippen LogP contribution in [0.2, 0.25) is 0 Å². The van der Waals surface area contributed by atoms with Crippen molar-refractivity contribution < 1.29 is 14.0 Å². The number of amides is 2. The molecule has 2 aromatic heterocycles. The maximum Gasteiger partial charge on any atom is 0.286 e. The number of pyridine rings is 1. The molecule has 0 unspecified atom stereocenters. The fourth-order valence-corrected chi connectivity index (χ4v) is 4.25. The van der Waals surface area contributed by atoms with Crippen molar-refractivity contribution in [1.29, 1.82) is 0 Å². The number of aromatic nitrogens is 1. The third kappa shape index (κ3) is 3.19. The van der Waals surface area contributed by atoms with Gasteiger partial charge in [0.25, 0.3) is 5.91 Å². The summed E-state index contributed by atoms with van der Waals surface area (Å²) in [6, 6.07) is 4.02. The van der Waals surface area contributed by atoms with E-state index < -0.39 is 5.91 Å². The molecule has 0 bridgehead atoms. The highest BCUT2D eigenvalue weighted by molar-refractivity contribution is 6.09. The minimum Gasteiger partial charge on any atom is -0.447 e. The highest BCUT2D eigenvalue weighted by Crippen LogP contribution is 2.33. The van der Waals surface area contributed by atoms with Gasteiger partial charge in [-0.2, -0.15) is 0 Å². The van der Waals surface area contributed by atoms with Crippen molar-refractivity contribution in [3.8, 4) is 0 Å². The molecular weight excluding hydrogens is 332 g/mol. The van der Waals surface area contributed by atoms with Crippen LogP contribution in [0.15, 0.2) is 22.7 Å². The molecule has 7 heteroatoms. The number of primary amides is 1. The molecule has 4 rings (SSSR count). The maximum atomic E-state index is 12.8. The number of likely N-dealkylation sites (tertiary alicyclic amines) is 1. The molecule has 0 aromatic carbocycles. The summed E-state index contributed by atoms with van der Waals surface area (Å²) in [5, 5.41) is 2.86. The quantitative estimate of drug-likeness (QED) is 0.876. The van der Waals surface area contributed by atoms with Gasteiger partial charge in [-0.25, -0.2) is 0 Å². The van der Waals surface area contributed by atoms with Crippen LogP contribution in [0.1, 0.15) is 49.1 Å². The van der Waals surface area contributed by atoms with Crippen LogP contribution in [0.25, 0.3) is 11.1 Å². The largest absolute Gasteiger partial charge is 0.447 e. The lowest BCUT2D eigenvalue weighted by Gasteiger charge is -2.33. The first-order chi connectivity index (χ1) is 12.6. The van der Waals surface area contributed by atoms with Crippen molar-refractivity contribution in [2.45, 2.75) is 44.6 Å². The van der Waals surface area contributed by atoms with E-state index in [-0.39, 0.29) is 17.6 Å². The van der Waals surface area contributed by atoms with Crippen molar-refractivity contribution in [2.75, 3.05) is 18.4 Å². The first kappa shape index (κ1) is 17.0. The monoisotopic (exact) mass is 356 g/mol. The number of nitrogens with one attached hydrogen (secondary N) is 1. The molecular formula is C19H24N4O3. The summed E-state index contributed by atoms with van der Waals surface area (Å²) in [4.78, 5) is 31.2. The zero-order valence-corrected chi connectivity index (χ0v) is 14.7. The lowest BCUT2D eigenvalue weighted by Crippen LogP contribution is -2.38. The van der Waals surface area contributed by atoms with Gasteiger partial charge in [0.05, 0.1) is 0 Å². The van der Waals surface area contributed by atoms with E-state index in [2.05, 4.69) is 15.2 Å². The van der Waals surface area contributed by atoms with Crippen LogP contribution < -0.4 is 11.1 Å². The predicted molar refractivity (Wildman–Crippen MR) is 97.7 cm³/mol. The Morgan fingerprint density at radius 1 is 1.19 bits per heavy atom. The van der Waals surface area contributed by atoms with Crippen LogP contribution in [0.4, 0.5) is 5.69 Å². The maximum absolute atomic E-state index is 12.8. The second-order valence-corrected chi connectivity index (χ2v) is 7.26. The van der Waals surface area contributed by atoms with Crippen molar-refractivity contribution in [1.82, 2.24) is 9.88 Å². The standard InChI is InChI=1S/C19H24N4O3/c20-18(24)17-16(15-14(26-17)4-3-9-21-15)22-19(25)12-5-7-13(8-6-12)23-10-1-2-11-23/h3-4,9,12-13H,1-2,5-8,10-11H2,(H2,20,24)(H,22,25). The van der Waals surface area contributed by atoms with Crippen LogP contribution in [0, 0.1) is 5.92 Å². The van der Waals surface area contributed by atoms with E-state index in [1.54, 1.807) is 18.3 Å². The van der Waals surface area contributed by atoms with Crippen molar-refractivity contribution >= 4 is 28.6 Å². The molecule has 2 fully saturated rings.